The van der Waals surface area contributed by atoms with E-state index >= 15 is 0 Å². The Balaban J connectivity index is 0.987. The molecule has 1 heterocycles. The first kappa shape index (κ1) is 34.1. The molecular weight excluding hydrogens is 727 g/mol. The van der Waals surface area contributed by atoms with Crippen LogP contribution in [0.1, 0.15) is 0 Å². The topological polar surface area (TPSA) is 16.4 Å². The quantitative estimate of drug-likeness (QED) is 0.157. The van der Waals surface area contributed by atoms with E-state index in [0.717, 1.165) is 55.7 Å². The number of benzene rings is 11. The van der Waals surface area contributed by atoms with Crippen LogP contribution >= 0.6 is 0 Å². The lowest BCUT2D eigenvalue weighted by molar-refractivity contribution is 0.669. The van der Waals surface area contributed by atoms with Gasteiger partial charge in [-0.3, -0.25) is 0 Å². The Morgan fingerprint density at radius 3 is 1.57 bits per heavy atom. The molecule has 0 aliphatic carbocycles. The van der Waals surface area contributed by atoms with Crippen LogP contribution in [0.5, 0.6) is 0 Å². The first-order chi connectivity index (χ1) is 29.7. The summed E-state index contributed by atoms with van der Waals surface area (Å²) in [7, 11) is 0. The molecule has 280 valence electrons. The van der Waals surface area contributed by atoms with Gasteiger partial charge in [0.05, 0.1) is 11.1 Å². The van der Waals surface area contributed by atoms with Gasteiger partial charge in [-0.2, -0.15) is 0 Å². The summed E-state index contributed by atoms with van der Waals surface area (Å²) in [5, 5.41) is 12.3. The van der Waals surface area contributed by atoms with Crippen LogP contribution in [0.4, 0.5) is 17.1 Å². The highest BCUT2D eigenvalue weighted by atomic mass is 16.3. The minimum Gasteiger partial charge on any atom is -0.456 e. The molecule has 0 aliphatic rings. The van der Waals surface area contributed by atoms with Crippen LogP contribution in [0.3, 0.4) is 0 Å². The number of nitrogens with zero attached hydrogens (tertiary/aromatic N) is 1. The van der Waals surface area contributed by atoms with Gasteiger partial charge < -0.3 is 9.32 Å². The summed E-state index contributed by atoms with van der Waals surface area (Å²) in [6.07, 6.45) is 0. The van der Waals surface area contributed by atoms with E-state index in [9.17, 15) is 0 Å². The Morgan fingerprint density at radius 2 is 0.800 bits per heavy atom. The van der Waals surface area contributed by atoms with Crippen LogP contribution in [0.25, 0.3) is 98.4 Å². The fourth-order valence-corrected chi connectivity index (χ4v) is 9.34. The van der Waals surface area contributed by atoms with Gasteiger partial charge in [0.25, 0.3) is 0 Å². The monoisotopic (exact) mass is 763 g/mol. The Hall–Kier alpha value is -7.94. The van der Waals surface area contributed by atoms with Crippen molar-refractivity contribution in [1.82, 2.24) is 0 Å². The third-order valence-electron chi connectivity index (χ3n) is 12.2. The van der Waals surface area contributed by atoms with Crippen LogP contribution in [0, 0.1) is 0 Å². The van der Waals surface area contributed by atoms with Gasteiger partial charge in [0.1, 0.15) is 11.2 Å². The molecule has 0 saturated heterocycles. The van der Waals surface area contributed by atoms with Crippen LogP contribution < -0.4 is 4.90 Å². The van der Waals surface area contributed by atoms with Crippen molar-refractivity contribution < 1.29 is 4.42 Å². The molecule has 0 aliphatic heterocycles. The van der Waals surface area contributed by atoms with Crippen molar-refractivity contribution in [1.29, 1.82) is 0 Å². The average molecular weight is 764 g/mol. The maximum atomic E-state index is 6.45. The SMILES string of the molecule is c1cc(-c2ccc(-c3ccc4ccc5ccccc5c4c3)cc2)cc(N(c2cccc(-c3cccc4c3ccc3ccccc34)c2)c2cccc3oc4ccccc4c23)c1. The highest BCUT2D eigenvalue weighted by Crippen LogP contribution is 2.45. The largest absolute Gasteiger partial charge is 0.456 e. The number of para-hydroxylation sites is 1. The fourth-order valence-electron chi connectivity index (χ4n) is 9.34. The number of hydrogen-bond acceptors (Lipinski definition) is 2. The maximum absolute atomic E-state index is 6.45. The molecule has 0 fully saturated rings. The van der Waals surface area contributed by atoms with E-state index in [-0.39, 0.29) is 0 Å². The Kier molecular flexibility index (Phi) is 7.89. The average Bonchev–Trinajstić information content (AvgIpc) is 3.71. The molecule has 0 amide bonds. The third-order valence-corrected chi connectivity index (χ3v) is 12.2. The lowest BCUT2D eigenvalue weighted by Gasteiger charge is -2.27. The molecule has 0 N–H and O–H groups in total. The van der Waals surface area contributed by atoms with Crippen molar-refractivity contribution in [2.75, 3.05) is 4.90 Å². The highest BCUT2D eigenvalue weighted by molar-refractivity contribution is 6.15. The second kappa shape index (κ2) is 13.9. The molecule has 0 radical (unpaired) electrons. The predicted molar refractivity (Wildman–Crippen MR) is 255 cm³/mol. The van der Waals surface area contributed by atoms with Gasteiger partial charge in [0.15, 0.2) is 0 Å². The summed E-state index contributed by atoms with van der Waals surface area (Å²) < 4.78 is 6.45. The van der Waals surface area contributed by atoms with Gasteiger partial charge in [-0.25, -0.2) is 0 Å². The summed E-state index contributed by atoms with van der Waals surface area (Å²) in [5.41, 5.74) is 12.0. The molecule has 1 aromatic heterocycles. The molecule has 0 atom stereocenters. The van der Waals surface area contributed by atoms with E-state index in [4.69, 9.17) is 4.42 Å². The Labute approximate surface area is 347 Å². The smallest absolute Gasteiger partial charge is 0.137 e. The zero-order valence-electron chi connectivity index (χ0n) is 32.7. The zero-order chi connectivity index (χ0) is 39.6. The maximum Gasteiger partial charge on any atom is 0.137 e. The summed E-state index contributed by atoms with van der Waals surface area (Å²) in [4.78, 5) is 2.39. The minimum atomic E-state index is 0.865. The second-order valence-corrected chi connectivity index (χ2v) is 15.7. The van der Waals surface area contributed by atoms with E-state index in [0.29, 0.717) is 0 Å². The fraction of sp³-hybridized carbons (Fsp3) is 0. The second-order valence-electron chi connectivity index (χ2n) is 15.7. The van der Waals surface area contributed by atoms with Crippen molar-refractivity contribution in [2.45, 2.75) is 0 Å². The molecule has 0 unspecified atom stereocenters. The van der Waals surface area contributed by atoms with Crippen molar-refractivity contribution in [3.63, 3.8) is 0 Å². The van der Waals surface area contributed by atoms with Gasteiger partial charge >= 0.3 is 0 Å². The molecule has 60 heavy (non-hydrogen) atoms. The van der Waals surface area contributed by atoms with Gasteiger partial charge in [-0.1, -0.05) is 176 Å². The lowest BCUT2D eigenvalue weighted by Crippen LogP contribution is -2.10. The minimum absolute atomic E-state index is 0.865. The van der Waals surface area contributed by atoms with E-state index in [2.05, 4.69) is 223 Å². The van der Waals surface area contributed by atoms with Gasteiger partial charge in [0.2, 0.25) is 0 Å². The van der Waals surface area contributed by atoms with Crippen LogP contribution in [0.15, 0.2) is 229 Å². The van der Waals surface area contributed by atoms with Gasteiger partial charge in [0, 0.05) is 16.8 Å². The van der Waals surface area contributed by atoms with Gasteiger partial charge in [-0.05, 0) is 125 Å². The summed E-state index contributed by atoms with van der Waals surface area (Å²) in [6.45, 7) is 0. The van der Waals surface area contributed by atoms with Crippen molar-refractivity contribution in [2.24, 2.45) is 0 Å². The molecule has 0 spiro atoms. The normalized spacial score (nSPS) is 11.7. The Bertz CT molecular complexity index is 3610. The lowest BCUT2D eigenvalue weighted by atomic mass is 9.94. The first-order valence-corrected chi connectivity index (χ1v) is 20.6. The van der Waals surface area contributed by atoms with E-state index in [1.165, 1.54) is 59.8 Å². The number of furan rings is 1. The van der Waals surface area contributed by atoms with Crippen molar-refractivity contribution >= 4 is 82.1 Å². The summed E-state index contributed by atoms with van der Waals surface area (Å²) in [5.74, 6) is 0. The zero-order valence-corrected chi connectivity index (χ0v) is 32.7. The van der Waals surface area contributed by atoms with E-state index < -0.39 is 0 Å². The summed E-state index contributed by atoms with van der Waals surface area (Å²) >= 11 is 0. The molecule has 2 nitrogen and oxygen atoms in total. The number of hydrogen-bond donors (Lipinski definition) is 0. The molecule has 2 heteroatoms. The Morgan fingerprint density at radius 1 is 0.283 bits per heavy atom. The van der Waals surface area contributed by atoms with E-state index in [1.807, 2.05) is 6.07 Å². The van der Waals surface area contributed by atoms with Crippen LogP contribution in [-0.4, -0.2) is 0 Å². The molecule has 11 aromatic carbocycles. The third kappa shape index (κ3) is 5.65. The van der Waals surface area contributed by atoms with Crippen molar-refractivity contribution in [3.05, 3.63) is 224 Å². The van der Waals surface area contributed by atoms with Crippen molar-refractivity contribution in [3.8, 4) is 33.4 Å². The molecule has 0 bridgehead atoms. The highest BCUT2D eigenvalue weighted by Gasteiger charge is 2.21. The number of fused-ring (bicyclic) bond motifs is 9. The van der Waals surface area contributed by atoms with Gasteiger partial charge in [-0.15, -0.1) is 0 Å². The molecule has 12 aromatic rings. The number of anilines is 3. The predicted octanol–water partition coefficient (Wildman–Crippen LogP) is 16.7. The number of rotatable bonds is 6. The summed E-state index contributed by atoms with van der Waals surface area (Å²) in [6, 6.07) is 81.3. The molecule has 12 rings (SSSR count). The van der Waals surface area contributed by atoms with E-state index in [1.54, 1.807) is 0 Å². The first-order valence-electron chi connectivity index (χ1n) is 20.6. The van der Waals surface area contributed by atoms with Crippen LogP contribution in [-0.2, 0) is 0 Å². The standard InChI is InChI=1S/C58H37NO/c1-3-17-48-41(12-1)33-34-52-50(20-9-21-51(48)52)45-14-8-16-47(36-45)59(55-22-10-24-57-58(55)53-19-5-6-23-56(53)60-57)46-15-7-13-43(35-46)38-25-27-39(28-26-38)44-32-31-42-30-29-40-11-2-4-18-49(40)54(42)37-44/h1-37H. The molecule has 0 saturated carbocycles. The van der Waals surface area contributed by atoms with Crippen LogP contribution in [0.2, 0.25) is 0 Å². The molecular formula is C58H37NO.